The Labute approximate surface area is 125 Å². The van der Waals surface area contributed by atoms with Gasteiger partial charge in [0.15, 0.2) is 0 Å². The molecule has 2 N–H and O–H groups in total. The summed E-state index contributed by atoms with van der Waals surface area (Å²) in [5, 5.41) is 12.7. The molecular weight excluding hydrogens is 268 g/mol. The molecule has 2 rings (SSSR count). The minimum Gasteiger partial charge on any atom is -0.390 e. The lowest BCUT2D eigenvalue weighted by molar-refractivity contribution is -0.121. The van der Waals surface area contributed by atoms with Gasteiger partial charge < -0.3 is 15.2 Å². The second kappa shape index (κ2) is 8.77. The van der Waals surface area contributed by atoms with Crippen LogP contribution in [0.5, 0.6) is 0 Å². The fraction of sp³-hybridized carbons (Fsp3) is 0.562. The van der Waals surface area contributed by atoms with Crippen molar-refractivity contribution in [3.63, 3.8) is 0 Å². The highest BCUT2D eigenvalue weighted by Crippen LogP contribution is 2.02. The van der Waals surface area contributed by atoms with Crippen LogP contribution < -0.4 is 5.32 Å². The summed E-state index contributed by atoms with van der Waals surface area (Å²) in [6.45, 7) is 4.03. The van der Waals surface area contributed by atoms with E-state index in [-0.39, 0.29) is 5.91 Å². The molecule has 1 heterocycles. The van der Waals surface area contributed by atoms with Crippen molar-refractivity contribution >= 4 is 5.91 Å². The van der Waals surface area contributed by atoms with Crippen LogP contribution in [0, 0.1) is 0 Å². The molecule has 1 aromatic carbocycles. The van der Waals surface area contributed by atoms with E-state index in [2.05, 4.69) is 10.2 Å². The maximum atomic E-state index is 11.8. The monoisotopic (exact) mass is 292 g/mol. The van der Waals surface area contributed by atoms with Gasteiger partial charge in [-0.25, -0.2) is 0 Å². The summed E-state index contributed by atoms with van der Waals surface area (Å²) in [6, 6.07) is 9.94. The predicted molar refractivity (Wildman–Crippen MR) is 81.0 cm³/mol. The number of aliphatic hydroxyl groups excluding tert-OH is 1. The number of nitrogens with zero attached hydrogens (tertiary/aromatic N) is 1. The summed E-state index contributed by atoms with van der Waals surface area (Å²) in [5.74, 6) is -0.0140. The van der Waals surface area contributed by atoms with Crippen LogP contribution in [0.15, 0.2) is 30.3 Å². The van der Waals surface area contributed by atoms with Crippen molar-refractivity contribution in [3.8, 4) is 0 Å². The number of hydrogen-bond donors (Lipinski definition) is 2. The van der Waals surface area contributed by atoms with Gasteiger partial charge >= 0.3 is 0 Å². The lowest BCUT2D eigenvalue weighted by Crippen LogP contribution is -2.44. The largest absolute Gasteiger partial charge is 0.390 e. The molecule has 0 aliphatic carbocycles. The number of amides is 1. The van der Waals surface area contributed by atoms with Crippen molar-refractivity contribution in [2.45, 2.75) is 18.9 Å². The van der Waals surface area contributed by atoms with E-state index in [1.54, 1.807) is 0 Å². The number of carbonyl (C=O) groups excluding carboxylic acids is 1. The summed E-state index contributed by atoms with van der Waals surface area (Å²) < 4.78 is 5.26. The van der Waals surface area contributed by atoms with E-state index in [0.717, 1.165) is 38.3 Å². The topological polar surface area (TPSA) is 61.8 Å². The Hall–Kier alpha value is -1.43. The van der Waals surface area contributed by atoms with Gasteiger partial charge in [0.1, 0.15) is 0 Å². The van der Waals surface area contributed by atoms with E-state index in [1.165, 1.54) is 0 Å². The van der Waals surface area contributed by atoms with Crippen molar-refractivity contribution in [1.29, 1.82) is 0 Å². The number of carbonyl (C=O) groups is 1. The van der Waals surface area contributed by atoms with Gasteiger partial charge in [-0.15, -0.1) is 0 Å². The highest BCUT2D eigenvalue weighted by molar-refractivity contribution is 5.76. The molecular formula is C16H24N2O3. The van der Waals surface area contributed by atoms with E-state index in [1.807, 2.05) is 30.3 Å². The standard InChI is InChI=1S/C16H24N2O3/c19-15(13-18-8-10-21-11-9-18)12-17-16(20)7-6-14-4-2-1-3-5-14/h1-5,15,19H,6-13H2,(H,17,20). The molecule has 0 radical (unpaired) electrons. The molecule has 1 amide bonds. The lowest BCUT2D eigenvalue weighted by Gasteiger charge is -2.28. The van der Waals surface area contributed by atoms with E-state index < -0.39 is 6.10 Å². The highest BCUT2D eigenvalue weighted by Gasteiger charge is 2.15. The van der Waals surface area contributed by atoms with Gasteiger partial charge in [0.05, 0.1) is 19.3 Å². The maximum Gasteiger partial charge on any atom is 0.220 e. The summed E-state index contributed by atoms with van der Waals surface area (Å²) in [7, 11) is 0. The Kier molecular flexibility index (Phi) is 6.66. The Balaban J connectivity index is 1.59. The third-order valence-electron chi connectivity index (χ3n) is 3.59. The molecule has 1 aromatic rings. The van der Waals surface area contributed by atoms with E-state index >= 15 is 0 Å². The number of nitrogens with one attached hydrogen (secondary N) is 1. The zero-order valence-corrected chi connectivity index (χ0v) is 12.3. The van der Waals surface area contributed by atoms with Crippen LogP contribution in [0.3, 0.4) is 0 Å². The van der Waals surface area contributed by atoms with Gasteiger partial charge in [-0.3, -0.25) is 9.69 Å². The molecule has 1 atom stereocenters. The number of hydrogen-bond acceptors (Lipinski definition) is 4. The first-order valence-electron chi connectivity index (χ1n) is 7.53. The second-order valence-electron chi connectivity index (χ2n) is 5.36. The van der Waals surface area contributed by atoms with Crippen molar-refractivity contribution < 1.29 is 14.6 Å². The summed E-state index contributed by atoms with van der Waals surface area (Å²) in [6.07, 6.45) is 0.657. The van der Waals surface area contributed by atoms with Crippen LogP contribution in [-0.2, 0) is 16.0 Å². The fourth-order valence-electron chi connectivity index (χ4n) is 2.37. The van der Waals surface area contributed by atoms with Crippen molar-refractivity contribution in [2.24, 2.45) is 0 Å². The van der Waals surface area contributed by atoms with Crippen LogP contribution >= 0.6 is 0 Å². The Morgan fingerprint density at radius 2 is 2.00 bits per heavy atom. The first-order chi connectivity index (χ1) is 10.2. The number of benzene rings is 1. The van der Waals surface area contributed by atoms with Crippen molar-refractivity contribution in [3.05, 3.63) is 35.9 Å². The smallest absolute Gasteiger partial charge is 0.220 e. The zero-order chi connectivity index (χ0) is 14.9. The molecule has 1 aliphatic rings. The first-order valence-corrected chi connectivity index (χ1v) is 7.53. The number of morpholine rings is 1. The van der Waals surface area contributed by atoms with Gasteiger partial charge in [0.2, 0.25) is 5.91 Å². The number of β-amino-alcohol motifs (C(OH)–C–C–N with tert-alkyl or cyclic N) is 1. The number of aryl methyl sites for hydroxylation is 1. The van der Waals surface area contributed by atoms with Crippen molar-refractivity contribution in [2.75, 3.05) is 39.4 Å². The molecule has 0 spiro atoms. The molecule has 1 unspecified atom stereocenters. The fourth-order valence-corrected chi connectivity index (χ4v) is 2.37. The quantitative estimate of drug-likeness (QED) is 0.765. The summed E-state index contributed by atoms with van der Waals surface area (Å²) >= 11 is 0. The second-order valence-corrected chi connectivity index (χ2v) is 5.36. The van der Waals surface area contributed by atoms with E-state index in [9.17, 15) is 9.90 Å². The highest BCUT2D eigenvalue weighted by atomic mass is 16.5. The third kappa shape index (κ3) is 6.25. The van der Waals surface area contributed by atoms with Crippen LogP contribution in [0.1, 0.15) is 12.0 Å². The number of ether oxygens (including phenoxy) is 1. The maximum absolute atomic E-state index is 11.8. The van der Waals surface area contributed by atoms with Crippen molar-refractivity contribution in [1.82, 2.24) is 10.2 Å². The molecule has 1 saturated heterocycles. The average molecular weight is 292 g/mol. The SMILES string of the molecule is O=C(CCc1ccccc1)NCC(O)CN1CCOCC1. The van der Waals surface area contributed by atoms with Gasteiger partial charge in [-0.2, -0.15) is 0 Å². The van der Waals surface area contributed by atoms with Gasteiger partial charge in [0.25, 0.3) is 0 Å². The van der Waals surface area contributed by atoms with Crippen LogP contribution in [-0.4, -0.2) is 61.4 Å². The molecule has 21 heavy (non-hydrogen) atoms. The van der Waals surface area contributed by atoms with Gasteiger partial charge in [-0.1, -0.05) is 30.3 Å². The van der Waals surface area contributed by atoms with Crippen LogP contribution in [0.25, 0.3) is 0 Å². The molecule has 0 aromatic heterocycles. The third-order valence-corrected chi connectivity index (χ3v) is 3.59. The Morgan fingerprint density at radius 3 is 2.71 bits per heavy atom. The lowest BCUT2D eigenvalue weighted by atomic mass is 10.1. The molecule has 116 valence electrons. The minimum atomic E-state index is -0.524. The van der Waals surface area contributed by atoms with E-state index in [4.69, 9.17) is 4.74 Å². The average Bonchev–Trinajstić information content (AvgIpc) is 2.53. The molecule has 5 nitrogen and oxygen atoms in total. The summed E-state index contributed by atoms with van der Waals surface area (Å²) in [4.78, 5) is 13.9. The minimum absolute atomic E-state index is 0.0140. The number of aliphatic hydroxyl groups is 1. The molecule has 1 fully saturated rings. The number of rotatable bonds is 7. The van der Waals surface area contributed by atoms with Gasteiger partial charge in [0, 0.05) is 32.6 Å². The van der Waals surface area contributed by atoms with Gasteiger partial charge in [-0.05, 0) is 12.0 Å². The summed E-state index contributed by atoms with van der Waals surface area (Å²) in [5.41, 5.74) is 1.15. The molecule has 0 bridgehead atoms. The molecule has 1 aliphatic heterocycles. The Morgan fingerprint density at radius 1 is 1.29 bits per heavy atom. The zero-order valence-electron chi connectivity index (χ0n) is 12.3. The molecule has 0 saturated carbocycles. The van der Waals surface area contributed by atoms with Crippen LogP contribution in [0.2, 0.25) is 0 Å². The predicted octanol–water partition coefficient (Wildman–Crippen LogP) is 0.428. The van der Waals surface area contributed by atoms with E-state index in [0.29, 0.717) is 19.5 Å². The molecule has 5 heteroatoms. The Bertz CT molecular complexity index is 419. The van der Waals surface area contributed by atoms with Crippen LogP contribution in [0.4, 0.5) is 0 Å². The first kappa shape index (κ1) is 15.9. The normalized spacial score (nSPS) is 17.4.